The number of nitrogens with zero attached hydrogens (tertiary/aromatic N) is 2. The molecule has 0 fully saturated rings. The predicted octanol–water partition coefficient (Wildman–Crippen LogP) is 1.30. The van der Waals surface area contributed by atoms with E-state index in [2.05, 4.69) is 5.10 Å². The molecule has 1 heterocycles. The van der Waals surface area contributed by atoms with Crippen LogP contribution in [0.2, 0.25) is 0 Å². The zero-order chi connectivity index (χ0) is 9.84. The molecule has 0 saturated carbocycles. The Morgan fingerprint density at radius 1 is 1.62 bits per heavy atom. The van der Waals surface area contributed by atoms with Crippen molar-refractivity contribution < 1.29 is 4.39 Å². The molecule has 1 aromatic rings. The second kappa shape index (κ2) is 4.16. The second-order valence-corrected chi connectivity index (χ2v) is 3.00. The highest BCUT2D eigenvalue weighted by atomic mass is 19.1. The lowest BCUT2D eigenvalue weighted by Crippen LogP contribution is -2.26. The topological polar surface area (TPSA) is 34.9 Å². The lowest BCUT2D eigenvalue weighted by atomic mass is 10.3. The zero-order valence-corrected chi connectivity index (χ0v) is 7.83. The van der Waals surface area contributed by atoms with Crippen LogP contribution in [0.4, 0.5) is 4.39 Å². The van der Waals surface area contributed by atoms with Crippen molar-refractivity contribution in [2.45, 2.75) is 33.0 Å². The first kappa shape index (κ1) is 9.89. The quantitative estimate of drug-likeness (QED) is 0.709. The van der Waals surface area contributed by atoms with Crippen molar-refractivity contribution in [1.82, 2.24) is 9.78 Å². The van der Waals surface area contributed by atoms with Crippen LogP contribution in [0.1, 0.15) is 19.0 Å². The Labute approximate surface area is 76.2 Å². The maximum atomic E-state index is 12.9. The van der Waals surface area contributed by atoms with Gasteiger partial charge in [0.25, 0.3) is 5.56 Å². The summed E-state index contributed by atoms with van der Waals surface area (Å²) in [6.07, 6.45) is -0.589. The summed E-state index contributed by atoms with van der Waals surface area (Å²) in [5, 5.41) is 3.92. The van der Waals surface area contributed by atoms with E-state index in [1.54, 1.807) is 19.9 Å². The lowest BCUT2D eigenvalue weighted by molar-refractivity contribution is 0.272. The van der Waals surface area contributed by atoms with Crippen LogP contribution in [-0.2, 0) is 6.54 Å². The molecule has 1 aromatic heterocycles. The molecule has 0 saturated heterocycles. The summed E-state index contributed by atoms with van der Waals surface area (Å²) < 4.78 is 14.1. The molecule has 1 rings (SSSR count). The predicted molar refractivity (Wildman–Crippen MR) is 48.4 cm³/mol. The van der Waals surface area contributed by atoms with E-state index in [4.69, 9.17) is 0 Å². The molecule has 0 radical (unpaired) electrons. The number of halogens is 1. The lowest BCUT2D eigenvalue weighted by Gasteiger charge is -2.07. The van der Waals surface area contributed by atoms with E-state index in [1.165, 1.54) is 10.7 Å². The molecule has 0 aliphatic heterocycles. The Balaban J connectivity index is 2.87. The molecule has 13 heavy (non-hydrogen) atoms. The van der Waals surface area contributed by atoms with Crippen LogP contribution in [0, 0.1) is 6.92 Å². The Morgan fingerprint density at radius 3 is 2.92 bits per heavy atom. The molecule has 0 aromatic carbocycles. The molecule has 3 nitrogen and oxygen atoms in total. The minimum absolute atomic E-state index is 0.0526. The highest BCUT2D eigenvalue weighted by Crippen LogP contribution is 1.98. The van der Waals surface area contributed by atoms with E-state index in [0.717, 1.165) is 5.69 Å². The van der Waals surface area contributed by atoms with E-state index in [-0.39, 0.29) is 12.1 Å². The average molecular weight is 184 g/mol. The molecule has 0 aliphatic carbocycles. The Bertz CT molecular complexity index is 335. The van der Waals surface area contributed by atoms with Gasteiger partial charge < -0.3 is 0 Å². The molecule has 0 amide bonds. The van der Waals surface area contributed by atoms with Gasteiger partial charge in [-0.15, -0.1) is 0 Å². The van der Waals surface area contributed by atoms with Crippen LogP contribution in [0.3, 0.4) is 0 Å². The van der Waals surface area contributed by atoms with Gasteiger partial charge in [-0.2, -0.15) is 5.10 Å². The van der Waals surface area contributed by atoms with Crippen molar-refractivity contribution in [2.24, 2.45) is 0 Å². The molecule has 0 aliphatic rings. The Hall–Kier alpha value is -1.19. The monoisotopic (exact) mass is 184 g/mol. The third-order valence-electron chi connectivity index (χ3n) is 1.81. The van der Waals surface area contributed by atoms with Gasteiger partial charge in [-0.1, -0.05) is 6.92 Å². The molecular weight excluding hydrogens is 171 g/mol. The van der Waals surface area contributed by atoms with Gasteiger partial charge in [-0.25, -0.2) is 9.07 Å². The largest absolute Gasteiger partial charge is 0.268 e. The van der Waals surface area contributed by atoms with Crippen molar-refractivity contribution in [1.29, 1.82) is 0 Å². The molecule has 0 N–H and O–H groups in total. The normalized spacial score (nSPS) is 12.8. The van der Waals surface area contributed by atoms with E-state index in [0.29, 0.717) is 6.42 Å². The number of rotatable bonds is 3. The minimum atomic E-state index is -0.994. The van der Waals surface area contributed by atoms with Crippen LogP contribution in [-0.4, -0.2) is 16.0 Å². The van der Waals surface area contributed by atoms with Gasteiger partial charge in [-0.3, -0.25) is 4.79 Å². The maximum absolute atomic E-state index is 12.9. The summed E-state index contributed by atoms with van der Waals surface area (Å²) in [7, 11) is 0. The number of hydrogen-bond acceptors (Lipinski definition) is 2. The van der Waals surface area contributed by atoms with Gasteiger partial charge in [0.1, 0.15) is 6.17 Å². The zero-order valence-electron chi connectivity index (χ0n) is 7.83. The van der Waals surface area contributed by atoms with Crippen molar-refractivity contribution in [3.8, 4) is 0 Å². The molecule has 1 unspecified atom stereocenters. The molecule has 1 atom stereocenters. The fourth-order valence-electron chi connectivity index (χ4n) is 0.998. The summed E-state index contributed by atoms with van der Waals surface area (Å²) >= 11 is 0. The first-order valence-electron chi connectivity index (χ1n) is 4.32. The smallest absolute Gasteiger partial charge is 0.266 e. The van der Waals surface area contributed by atoms with E-state index in [1.807, 2.05) is 0 Å². The van der Waals surface area contributed by atoms with Crippen LogP contribution in [0.15, 0.2) is 16.9 Å². The van der Waals surface area contributed by atoms with E-state index < -0.39 is 6.17 Å². The summed E-state index contributed by atoms with van der Waals surface area (Å²) in [4.78, 5) is 11.2. The fraction of sp³-hybridized carbons (Fsp3) is 0.556. The molecule has 0 spiro atoms. The second-order valence-electron chi connectivity index (χ2n) is 3.00. The molecule has 4 heteroatoms. The first-order chi connectivity index (χ1) is 6.13. The SMILES string of the molecule is CCC(F)Cn1nc(C)ccc1=O. The summed E-state index contributed by atoms with van der Waals surface area (Å²) in [5.74, 6) is 0. The van der Waals surface area contributed by atoms with E-state index >= 15 is 0 Å². The van der Waals surface area contributed by atoms with Crippen molar-refractivity contribution in [2.75, 3.05) is 0 Å². The maximum Gasteiger partial charge on any atom is 0.266 e. The summed E-state index contributed by atoms with van der Waals surface area (Å²) in [6.45, 7) is 3.57. The van der Waals surface area contributed by atoms with Gasteiger partial charge >= 0.3 is 0 Å². The standard InChI is InChI=1S/C9H13FN2O/c1-3-8(10)6-12-9(13)5-4-7(2)11-12/h4-5,8H,3,6H2,1-2H3. The van der Waals surface area contributed by atoms with Gasteiger partial charge in [0.2, 0.25) is 0 Å². The Kier molecular flexibility index (Phi) is 3.17. The third kappa shape index (κ3) is 2.65. The summed E-state index contributed by atoms with van der Waals surface area (Å²) in [6, 6.07) is 3.03. The van der Waals surface area contributed by atoms with E-state index in [9.17, 15) is 9.18 Å². The minimum Gasteiger partial charge on any atom is -0.268 e. The Morgan fingerprint density at radius 2 is 2.31 bits per heavy atom. The number of aromatic nitrogens is 2. The number of hydrogen-bond donors (Lipinski definition) is 0. The molecular formula is C9H13FN2O. The fourth-order valence-corrected chi connectivity index (χ4v) is 0.998. The highest BCUT2D eigenvalue weighted by molar-refractivity contribution is 4.97. The van der Waals surface area contributed by atoms with Gasteiger partial charge in [0.15, 0.2) is 0 Å². The van der Waals surface area contributed by atoms with Crippen LogP contribution >= 0.6 is 0 Å². The third-order valence-corrected chi connectivity index (χ3v) is 1.81. The van der Waals surface area contributed by atoms with Crippen LogP contribution < -0.4 is 5.56 Å². The van der Waals surface area contributed by atoms with Crippen molar-refractivity contribution in [3.63, 3.8) is 0 Å². The van der Waals surface area contributed by atoms with Gasteiger partial charge in [-0.05, 0) is 19.4 Å². The van der Waals surface area contributed by atoms with Crippen molar-refractivity contribution >= 4 is 0 Å². The van der Waals surface area contributed by atoms with Crippen LogP contribution in [0.25, 0.3) is 0 Å². The van der Waals surface area contributed by atoms with Gasteiger partial charge in [0.05, 0.1) is 12.2 Å². The van der Waals surface area contributed by atoms with Crippen LogP contribution in [0.5, 0.6) is 0 Å². The molecule has 0 bridgehead atoms. The summed E-state index contributed by atoms with van der Waals surface area (Å²) in [5.41, 5.74) is 0.476. The number of alkyl halides is 1. The van der Waals surface area contributed by atoms with Gasteiger partial charge in [0, 0.05) is 6.07 Å². The average Bonchev–Trinajstić information content (AvgIpc) is 2.11. The number of aryl methyl sites for hydroxylation is 1. The first-order valence-corrected chi connectivity index (χ1v) is 4.32. The van der Waals surface area contributed by atoms with Crippen molar-refractivity contribution in [3.05, 3.63) is 28.2 Å². The molecule has 72 valence electrons. The highest BCUT2D eigenvalue weighted by Gasteiger charge is 2.06.